The molecule has 0 radical (unpaired) electrons. The number of aromatic amines is 1. The van der Waals surface area contributed by atoms with Crippen LogP contribution in [0.4, 0.5) is 32.2 Å². The SMILES string of the molecule is O=C(Nc1n[nH]c2ccc(OCc3ccc(C(F)(F)F)cc3C(F)(F)F)cc12)c1ccc(Br)cc1. The standard InChI is InChI=1S/C23H14BrF6N3O2/c24-15-5-2-12(3-6-15)21(34)31-20-17-10-16(7-8-19(17)32-33-20)35-11-13-1-4-14(22(25,26)27)9-18(13)23(28,29)30/h1-10H,11H2,(H2,31,32,33,34). The van der Waals surface area contributed by atoms with E-state index < -0.39 is 41.6 Å². The number of H-pyrrole nitrogens is 1. The summed E-state index contributed by atoms with van der Waals surface area (Å²) in [5.41, 5.74) is -2.40. The highest BCUT2D eigenvalue weighted by atomic mass is 79.9. The van der Waals surface area contributed by atoms with Crippen molar-refractivity contribution < 1.29 is 35.9 Å². The van der Waals surface area contributed by atoms with Gasteiger partial charge in [0, 0.05) is 21.0 Å². The van der Waals surface area contributed by atoms with Gasteiger partial charge in [-0.15, -0.1) is 0 Å². The fourth-order valence-corrected chi connectivity index (χ4v) is 3.53. The Hall–Kier alpha value is -3.54. The number of amides is 1. The molecule has 0 bridgehead atoms. The van der Waals surface area contributed by atoms with Crippen molar-refractivity contribution in [2.45, 2.75) is 19.0 Å². The minimum atomic E-state index is -5.00. The molecular weight excluding hydrogens is 544 g/mol. The maximum absolute atomic E-state index is 13.4. The van der Waals surface area contributed by atoms with Crippen LogP contribution in [0.5, 0.6) is 5.75 Å². The Kier molecular flexibility index (Phi) is 6.50. The summed E-state index contributed by atoms with van der Waals surface area (Å²) in [4.78, 5) is 12.5. The number of nitrogens with zero attached hydrogens (tertiary/aromatic N) is 1. The molecular formula is C23H14BrF6N3O2. The second-order valence-electron chi connectivity index (χ2n) is 7.40. The number of fused-ring (bicyclic) bond motifs is 1. The number of hydrogen-bond donors (Lipinski definition) is 2. The first-order valence-electron chi connectivity index (χ1n) is 9.87. The van der Waals surface area contributed by atoms with E-state index in [-0.39, 0.29) is 17.6 Å². The minimum absolute atomic E-state index is 0.0632. The van der Waals surface area contributed by atoms with Crippen molar-refractivity contribution in [1.29, 1.82) is 0 Å². The summed E-state index contributed by atoms with van der Waals surface area (Å²) >= 11 is 3.28. The molecule has 0 spiro atoms. The zero-order valence-corrected chi connectivity index (χ0v) is 19.0. The number of carbonyl (C=O) groups excluding carboxylic acids is 1. The molecule has 3 aromatic carbocycles. The largest absolute Gasteiger partial charge is 0.489 e. The van der Waals surface area contributed by atoms with E-state index in [2.05, 4.69) is 31.4 Å². The first-order chi connectivity index (χ1) is 16.4. The Morgan fingerprint density at radius 2 is 1.66 bits per heavy atom. The molecule has 35 heavy (non-hydrogen) atoms. The van der Waals surface area contributed by atoms with E-state index >= 15 is 0 Å². The van der Waals surface area contributed by atoms with Crippen molar-refractivity contribution in [3.8, 4) is 5.75 Å². The summed E-state index contributed by atoms with van der Waals surface area (Å²) in [6.07, 6.45) is -9.91. The third-order valence-electron chi connectivity index (χ3n) is 5.01. The summed E-state index contributed by atoms with van der Waals surface area (Å²) in [5, 5.41) is 9.83. The maximum atomic E-state index is 13.4. The number of rotatable bonds is 5. The van der Waals surface area contributed by atoms with Gasteiger partial charge in [-0.2, -0.15) is 31.4 Å². The molecule has 0 aliphatic heterocycles. The van der Waals surface area contributed by atoms with Gasteiger partial charge in [0.1, 0.15) is 12.4 Å². The lowest BCUT2D eigenvalue weighted by Gasteiger charge is -2.16. The molecule has 5 nitrogen and oxygen atoms in total. The van der Waals surface area contributed by atoms with Crippen molar-refractivity contribution in [2.24, 2.45) is 0 Å². The lowest BCUT2D eigenvalue weighted by Crippen LogP contribution is -2.14. The lowest BCUT2D eigenvalue weighted by atomic mass is 10.0. The highest BCUT2D eigenvalue weighted by molar-refractivity contribution is 9.10. The first kappa shape index (κ1) is 24.6. The van der Waals surface area contributed by atoms with Crippen LogP contribution < -0.4 is 10.1 Å². The molecule has 0 fully saturated rings. The van der Waals surface area contributed by atoms with Crippen LogP contribution in [0, 0.1) is 0 Å². The Morgan fingerprint density at radius 3 is 2.31 bits per heavy atom. The number of carbonyl (C=O) groups is 1. The van der Waals surface area contributed by atoms with Gasteiger partial charge in [-0.25, -0.2) is 0 Å². The van der Waals surface area contributed by atoms with Crippen LogP contribution in [0.2, 0.25) is 0 Å². The summed E-state index contributed by atoms with van der Waals surface area (Å²) < 4.78 is 85.0. The predicted molar refractivity (Wildman–Crippen MR) is 119 cm³/mol. The normalized spacial score (nSPS) is 12.1. The molecule has 2 N–H and O–H groups in total. The molecule has 0 aliphatic carbocycles. The van der Waals surface area contributed by atoms with E-state index in [9.17, 15) is 31.1 Å². The van der Waals surface area contributed by atoms with E-state index in [1.807, 2.05) is 0 Å². The molecule has 1 heterocycles. The van der Waals surface area contributed by atoms with Gasteiger partial charge in [0.05, 0.1) is 16.6 Å². The van der Waals surface area contributed by atoms with Gasteiger partial charge >= 0.3 is 12.4 Å². The second kappa shape index (κ2) is 9.25. The molecule has 1 amide bonds. The number of halogens is 7. The van der Waals surface area contributed by atoms with Gasteiger partial charge < -0.3 is 10.1 Å². The van der Waals surface area contributed by atoms with Crippen LogP contribution in [0.15, 0.2) is 65.1 Å². The van der Waals surface area contributed by atoms with Crippen LogP contribution in [0.25, 0.3) is 10.9 Å². The number of nitrogens with one attached hydrogen (secondary N) is 2. The minimum Gasteiger partial charge on any atom is -0.489 e. The van der Waals surface area contributed by atoms with Crippen molar-refractivity contribution in [1.82, 2.24) is 10.2 Å². The predicted octanol–water partition coefficient (Wildman–Crippen LogP) is 7.19. The zero-order valence-electron chi connectivity index (χ0n) is 17.4. The molecule has 0 atom stereocenters. The van der Waals surface area contributed by atoms with Gasteiger partial charge in [0.25, 0.3) is 5.91 Å². The fourth-order valence-electron chi connectivity index (χ4n) is 3.26. The maximum Gasteiger partial charge on any atom is 0.416 e. The fraction of sp³-hybridized carbons (Fsp3) is 0.130. The van der Waals surface area contributed by atoms with Crippen LogP contribution >= 0.6 is 15.9 Å². The smallest absolute Gasteiger partial charge is 0.416 e. The Balaban J connectivity index is 1.56. The molecule has 4 rings (SSSR count). The number of aromatic nitrogens is 2. The summed E-state index contributed by atoms with van der Waals surface area (Å²) in [6.45, 7) is -0.628. The molecule has 0 saturated carbocycles. The summed E-state index contributed by atoms with van der Waals surface area (Å²) in [5.74, 6) is -0.133. The van der Waals surface area contributed by atoms with Crippen molar-refractivity contribution in [3.63, 3.8) is 0 Å². The molecule has 0 aliphatic rings. The van der Waals surface area contributed by atoms with E-state index in [1.165, 1.54) is 12.1 Å². The quantitative estimate of drug-likeness (QED) is 0.255. The third-order valence-corrected chi connectivity index (χ3v) is 5.54. The molecule has 0 unspecified atom stereocenters. The Bertz CT molecular complexity index is 1380. The highest BCUT2D eigenvalue weighted by Crippen LogP contribution is 2.38. The Morgan fingerprint density at radius 1 is 0.943 bits per heavy atom. The van der Waals surface area contributed by atoms with Crippen LogP contribution in [0.1, 0.15) is 27.0 Å². The molecule has 1 aromatic heterocycles. The van der Waals surface area contributed by atoms with Gasteiger partial charge in [-0.05, 0) is 54.6 Å². The lowest BCUT2D eigenvalue weighted by molar-refractivity contribution is -0.143. The van der Waals surface area contributed by atoms with Crippen LogP contribution in [-0.4, -0.2) is 16.1 Å². The monoisotopic (exact) mass is 557 g/mol. The average Bonchev–Trinajstić information content (AvgIpc) is 3.18. The number of ether oxygens (including phenoxy) is 1. The summed E-state index contributed by atoms with van der Waals surface area (Å²) in [6, 6.07) is 12.4. The highest BCUT2D eigenvalue weighted by Gasteiger charge is 2.38. The topological polar surface area (TPSA) is 67.0 Å². The van der Waals surface area contributed by atoms with E-state index in [0.717, 1.165) is 10.5 Å². The van der Waals surface area contributed by atoms with E-state index in [4.69, 9.17) is 4.74 Å². The van der Waals surface area contributed by atoms with Gasteiger partial charge in [0.15, 0.2) is 5.82 Å². The third kappa shape index (κ3) is 5.59. The number of alkyl halides is 6. The Labute approximate surface area is 202 Å². The van der Waals surface area contributed by atoms with Gasteiger partial charge in [0.2, 0.25) is 0 Å². The van der Waals surface area contributed by atoms with Crippen LogP contribution in [-0.2, 0) is 19.0 Å². The van der Waals surface area contributed by atoms with Crippen molar-refractivity contribution >= 4 is 38.6 Å². The zero-order chi connectivity index (χ0) is 25.4. The number of anilines is 1. The summed E-state index contributed by atoms with van der Waals surface area (Å²) in [7, 11) is 0. The molecule has 4 aromatic rings. The molecule has 12 heteroatoms. The molecule has 0 saturated heterocycles. The molecule has 182 valence electrons. The number of benzene rings is 3. The first-order valence-corrected chi connectivity index (χ1v) is 10.7. The second-order valence-corrected chi connectivity index (χ2v) is 8.31. The van der Waals surface area contributed by atoms with Gasteiger partial charge in [-0.1, -0.05) is 22.0 Å². The number of hydrogen-bond acceptors (Lipinski definition) is 3. The van der Waals surface area contributed by atoms with E-state index in [1.54, 1.807) is 30.3 Å². The van der Waals surface area contributed by atoms with Crippen molar-refractivity contribution in [3.05, 3.63) is 87.4 Å². The van der Waals surface area contributed by atoms with E-state index in [0.29, 0.717) is 22.5 Å². The van der Waals surface area contributed by atoms with Crippen LogP contribution in [0.3, 0.4) is 0 Å². The average molecular weight is 558 g/mol. The van der Waals surface area contributed by atoms with Gasteiger partial charge in [-0.3, -0.25) is 9.89 Å². The van der Waals surface area contributed by atoms with Crippen molar-refractivity contribution in [2.75, 3.05) is 5.32 Å².